The number of anilines is 1. The normalized spacial score (nSPS) is 23.5. The number of nitrogens with one attached hydrogen (secondary N) is 1. The van der Waals surface area contributed by atoms with E-state index >= 15 is 0 Å². The average Bonchev–Trinajstić information content (AvgIpc) is 3.85. The molecule has 2 atom stereocenters. The lowest BCUT2D eigenvalue weighted by Crippen LogP contribution is -2.56. The van der Waals surface area contributed by atoms with Crippen molar-refractivity contribution in [2.24, 2.45) is 11.8 Å². The van der Waals surface area contributed by atoms with Crippen molar-refractivity contribution >= 4 is 28.4 Å². The van der Waals surface area contributed by atoms with Gasteiger partial charge in [-0.15, -0.1) is 0 Å². The van der Waals surface area contributed by atoms with Crippen LogP contribution in [0.3, 0.4) is 0 Å². The van der Waals surface area contributed by atoms with E-state index in [0.29, 0.717) is 0 Å². The number of fused-ring (bicyclic) bond motifs is 1. The lowest BCUT2D eigenvalue weighted by Gasteiger charge is -2.43. The molecule has 3 aromatic carbocycles. The van der Waals surface area contributed by atoms with Crippen molar-refractivity contribution in [1.82, 2.24) is 15.1 Å². The van der Waals surface area contributed by atoms with Gasteiger partial charge in [-0.3, -0.25) is 14.5 Å². The van der Waals surface area contributed by atoms with Crippen LogP contribution in [0, 0.1) is 17.7 Å². The van der Waals surface area contributed by atoms with Gasteiger partial charge in [-0.25, -0.2) is 9.07 Å². The second-order valence-corrected chi connectivity index (χ2v) is 10.5. The zero-order valence-corrected chi connectivity index (χ0v) is 20.3. The van der Waals surface area contributed by atoms with Crippen LogP contribution in [0.1, 0.15) is 39.1 Å². The van der Waals surface area contributed by atoms with Gasteiger partial charge in [0.25, 0.3) is 0 Å². The molecule has 2 heterocycles. The number of nitrogens with zero attached hydrogens (tertiary/aromatic N) is 3. The first-order valence-electron chi connectivity index (χ1n) is 13.0. The first kappa shape index (κ1) is 22.2. The van der Waals surface area contributed by atoms with E-state index in [1.54, 1.807) is 23.0 Å². The summed E-state index contributed by atoms with van der Waals surface area (Å²) in [6, 6.07) is 22.1. The number of benzene rings is 3. The summed E-state index contributed by atoms with van der Waals surface area (Å²) in [4.78, 5) is 28.7. The molecule has 2 aliphatic carbocycles. The summed E-state index contributed by atoms with van der Waals surface area (Å²) in [7, 11) is 0. The molecule has 1 saturated heterocycles. The molecule has 1 N–H and O–H groups in total. The van der Waals surface area contributed by atoms with Crippen LogP contribution < -0.4 is 10.2 Å². The molecule has 0 spiro atoms. The van der Waals surface area contributed by atoms with Crippen LogP contribution in [-0.4, -0.2) is 27.6 Å². The molecule has 4 aromatic rings. The highest BCUT2D eigenvalue weighted by atomic mass is 19.1. The minimum absolute atomic E-state index is 0. The van der Waals surface area contributed by atoms with Crippen LogP contribution in [0.25, 0.3) is 16.6 Å². The topological polar surface area (TPSA) is 67.2 Å². The quantitative estimate of drug-likeness (QED) is 0.391. The predicted molar refractivity (Wildman–Crippen MR) is 141 cm³/mol. The molecule has 37 heavy (non-hydrogen) atoms. The Hall–Kier alpha value is -4.00. The number of halogens is 1. The van der Waals surface area contributed by atoms with Gasteiger partial charge in [0.1, 0.15) is 5.82 Å². The van der Waals surface area contributed by atoms with Crippen LogP contribution in [0.5, 0.6) is 0 Å². The molecule has 2 amide bonds. The molecule has 7 rings (SSSR count). The van der Waals surface area contributed by atoms with E-state index in [0.717, 1.165) is 53.5 Å². The third-order valence-corrected chi connectivity index (χ3v) is 8.11. The monoisotopic (exact) mass is 496 g/mol. The fourth-order valence-electron chi connectivity index (χ4n) is 6.15. The average molecular weight is 497 g/mol. The van der Waals surface area contributed by atoms with E-state index in [1.165, 1.54) is 12.1 Å². The highest BCUT2D eigenvalue weighted by Gasteiger charge is 2.62. The zero-order chi connectivity index (χ0) is 25.1. The van der Waals surface area contributed by atoms with Crippen molar-refractivity contribution in [3.8, 4) is 5.69 Å². The van der Waals surface area contributed by atoms with E-state index in [4.69, 9.17) is 0 Å². The van der Waals surface area contributed by atoms with Crippen molar-refractivity contribution < 1.29 is 15.4 Å². The summed E-state index contributed by atoms with van der Waals surface area (Å²) in [5.74, 6) is 0.128. The highest BCUT2D eigenvalue weighted by Crippen LogP contribution is 2.56. The zero-order valence-electron chi connectivity index (χ0n) is 20.3. The predicted octanol–water partition coefficient (Wildman–Crippen LogP) is 5.35. The Balaban J connectivity index is 0.00000264. The molecular formula is C30H29FN4O2. The molecule has 1 aromatic heterocycles. The lowest BCUT2D eigenvalue weighted by molar-refractivity contribution is -0.123. The number of amides is 2. The number of carbonyl (C=O) groups excluding carboxylic acids is 2. The van der Waals surface area contributed by atoms with Crippen molar-refractivity contribution in [3.05, 3.63) is 90.4 Å². The van der Waals surface area contributed by atoms with Gasteiger partial charge in [-0.2, -0.15) is 5.10 Å². The third-order valence-electron chi connectivity index (χ3n) is 8.11. The van der Waals surface area contributed by atoms with Gasteiger partial charge in [-0.1, -0.05) is 30.3 Å². The molecule has 0 bridgehead atoms. The van der Waals surface area contributed by atoms with Gasteiger partial charge in [-0.05, 0) is 79.6 Å². The van der Waals surface area contributed by atoms with Crippen LogP contribution in [0.2, 0.25) is 0 Å². The fraction of sp³-hybridized carbons (Fsp3) is 0.300. The number of carbonyl (C=O) groups is 2. The number of aromatic nitrogens is 2. The first-order valence-corrected chi connectivity index (χ1v) is 13.0. The standard InChI is InChI=1S/C30H27FN4O2.H2/c31-23-10-12-24(13-11-23)35-26-15-14-25(16-20(26)18-32-35)34-28(36)17-27(33-29(37)19-6-7-19)30(34,22-8-9-22)21-4-2-1-3-5-21;/h1-5,10-16,18-19,22,27H,6-9,17H2,(H,33,37);1H/t27-,30-;/m0./s1. The van der Waals surface area contributed by atoms with E-state index in [1.807, 2.05) is 41.3 Å². The van der Waals surface area contributed by atoms with Gasteiger partial charge in [0.05, 0.1) is 35.4 Å². The van der Waals surface area contributed by atoms with Crippen LogP contribution in [0.4, 0.5) is 10.1 Å². The molecule has 3 aliphatic rings. The Morgan fingerprint density at radius 1 is 0.973 bits per heavy atom. The molecule has 7 heteroatoms. The largest absolute Gasteiger partial charge is 0.350 e. The van der Waals surface area contributed by atoms with Crippen LogP contribution >= 0.6 is 0 Å². The molecule has 0 unspecified atom stereocenters. The Morgan fingerprint density at radius 3 is 2.41 bits per heavy atom. The molecular weight excluding hydrogens is 467 g/mol. The summed E-state index contributed by atoms with van der Waals surface area (Å²) in [6.45, 7) is 0. The van der Waals surface area contributed by atoms with Crippen molar-refractivity contribution in [3.63, 3.8) is 0 Å². The van der Waals surface area contributed by atoms with E-state index in [2.05, 4.69) is 22.5 Å². The molecule has 6 nitrogen and oxygen atoms in total. The van der Waals surface area contributed by atoms with Crippen molar-refractivity contribution in [2.75, 3.05) is 4.90 Å². The van der Waals surface area contributed by atoms with Gasteiger partial charge >= 0.3 is 0 Å². The number of hydrogen-bond donors (Lipinski definition) is 1. The fourth-order valence-corrected chi connectivity index (χ4v) is 6.15. The van der Waals surface area contributed by atoms with Crippen LogP contribution in [0.15, 0.2) is 79.0 Å². The van der Waals surface area contributed by atoms with Gasteiger partial charge in [0, 0.05) is 18.4 Å². The summed E-state index contributed by atoms with van der Waals surface area (Å²) >= 11 is 0. The van der Waals surface area contributed by atoms with E-state index in [-0.39, 0.29) is 43.4 Å². The first-order chi connectivity index (χ1) is 18.1. The van der Waals surface area contributed by atoms with Crippen molar-refractivity contribution in [1.29, 1.82) is 0 Å². The molecule has 0 radical (unpaired) electrons. The highest BCUT2D eigenvalue weighted by molar-refractivity contribution is 6.01. The maximum Gasteiger partial charge on any atom is 0.230 e. The summed E-state index contributed by atoms with van der Waals surface area (Å²) in [5.41, 5.74) is 2.86. The number of hydrogen-bond acceptors (Lipinski definition) is 3. The van der Waals surface area contributed by atoms with Crippen LogP contribution in [-0.2, 0) is 15.1 Å². The Labute approximate surface area is 215 Å². The molecule has 2 saturated carbocycles. The second-order valence-electron chi connectivity index (χ2n) is 10.5. The second kappa shape index (κ2) is 8.26. The lowest BCUT2D eigenvalue weighted by atomic mass is 9.78. The SMILES string of the molecule is O=C(N[C@H]1CC(=O)N(c2ccc3c(cnn3-c3ccc(F)cc3)c2)[C@@]1(c1ccccc1)C1CC1)C1CC1.[HH]. The van der Waals surface area contributed by atoms with E-state index in [9.17, 15) is 14.0 Å². The maximum atomic E-state index is 13.8. The number of rotatable bonds is 6. The summed E-state index contributed by atoms with van der Waals surface area (Å²) < 4.78 is 15.2. The molecule has 188 valence electrons. The van der Waals surface area contributed by atoms with Gasteiger partial charge in [0.2, 0.25) is 11.8 Å². The van der Waals surface area contributed by atoms with Gasteiger partial charge < -0.3 is 5.32 Å². The van der Waals surface area contributed by atoms with Crippen molar-refractivity contribution in [2.45, 2.75) is 43.7 Å². The minimum atomic E-state index is -0.635. The van der Waals surface area contributed by atoms with Gasteiger partial charge in [0.15, 0.2) is 0 Å². The Morgan fingerprint density at radius 2 is 1.70 bits per heavy atom. The Bertz CT molecular complexity index is 1510. The molecule has 3 fully saturated rings. The van der Waals surface area contributed by atoms with E-state index < -0.39 is 5.54 Å². The minimum Gasteiger partial charge on any atom is -0.350 e. The maximum absolute atomic E-state index is 13.8. The molecule has 1 aliphatic heterocycles. The Kier molecular flexibility index (Phi) is 4.96. The summed E-state index contributed by atoms with van der Waals surface area (Å²) in [6.07, 6.45) is 5.92. The third kappa shape index (κ3) is 3.56. The summed E-state index contributed by atoms with van der Waals surface area (Å²) in [5, 5.41) is 8.73. The smallest absolute Gasteiger partial charge is 0.230 e.